The van der Waals surface area contributed by atoms with E-state index in [0.717, 1.165) is 27.7 Å². The van der Waals surface area contributed by atoms with Gasteiger partial charge >= 0.3 is 0 Å². The van der Waals surface area contributed by atoms with E-state index < -0.39 is 5.60 Å². The third kappa shape index (κ3) is 4.90. The summed E-state index contributed by atoms with van der Waals surface area (Å²) in [6.45, 7) is 1.84. The van der Waals surface area contributed by atoms with Gasteiger partial charge in [0.2, 0.25) is 0 Å². The van der Waals surface area contributed by atoms with Crippen molar-refractivity contribution in [1.29, 1.82) is 0 Å². The Kier molecular flexibility index (Phi) is 6.06. The molecule has 1 aromatic heterocycles. The topological polar surface area (TPSA) is 67.4 Å². The van der Waals surface area contributed by atoms with Crippen LogP contribution in [0.4, 0.5) is 0 Å². The maximum absolute atomic E-state index is 10.5. The van der Waals surface area contributed by atoms with Crippen LogP contribution in [0.3, 0.4) is 0 Å². The van der Waals surface area contributed by atoms with Crippen LogP contribution in [0, 0.1) is 0 Å². The molecule has 29 heavy (non-hydrogen) atoms. The van der Waals surface area contributed by atoms with Gasteiger partial charge in [-0.3, -0.25) is 0 Å². The Hall–Kier alpha value is -2.12. The second-order valence-corrected chi connectivity index (χ2v) is 8.65. The summed E-state index contributed by atoms with van der Waals surface area (Å²) in [6.07, 6.45) is 0.596. The molecular formula is C23H26N2O3S. The first kappa shape index (κ1) is 20.2. The summed E-state index contributed by atoms with van der Waals surface area (Å²) in [7, 11) is 1.61. The number of aliphatic hydroxyl groups is 1. The van der Waals surface area contributed by atoms with E-state index in [4.69, 9.17) is 14.5 Å². The van der Waals surface area contributed by atoms with Gasteiger partial charge in [-0.15, -0.1) is 0 Å². The molecule has 2 aromatic carbocycles. The second-order valence-electron chi connectivity index (χ2n) is 7.64. The average molecular weight is 411 g/mol. The number of ether oxygens (including phenoxy) is 2. The van der Waals surface area contributed by atoms with Gasteiger partial charge in [-0.05, 0) is 6.92 Å². The lowest BCUT2D eigenvalue weighted by molar-refractivity contribution is -0.220. The minimum atomic E-state index is -0.780. The van der Waals surface area contributed by atoms with E-state index in [1.807, 2.05) is 43.3 Å². The summed E-state index contributed by atoms with van der Waals surface area (Å²) >= 11 is 1.61. The zero-order valence-electron chi connectivity index (χ0n) is 16.7. The first-order valence-corrected chi connectivity index (χ1v) is 10.8. The Balaban J connectivity index is 1.56. The molecule has 0 spiro atoms. The Labute approximate surface area is 175 Å². The van der Waals surface area contributed by atoms with E-state index in [-0.39, 0.29) is 12.4 Å². The fourth-order valence-electron chi connectivity index (χ4n) is 3.69. The first-order chi connectivity index (χ1) is 14.0. The summed E-state index contributed by atoms with van der Waals surface area (Å²) in [5, 5.41) is 11.3. The number of aromatic amines is 1. The molecule has 1 saturated heterocycles. The molecule has 2 N–H and O–H groups in total. The molecule has 0 aliphatic carbocycles. The predicted octanol–water partition coefficient (Wildman–Crippen LogP) is 4.74. The molecule has 2 heterocycles. The maximum atomic E-state index is 10.5. The molecule has 6 heteroatoms. The largest absolute Gasteiger partial charge is 0.390 e. The van der Waals surface area contributed by atoms with Crippen molar-refractivity contribution >= 4 is 11.8 Å². The molecule has 0 unspecified atom stereocenters. The summed E-state index contributed by atoms with van der Waals surface area (Å²) in [6, 6.07) is 20.4. The molecule has 5 nitrogen and oxygen atoms in total. The molecule has 0 amide bonds. The molecule has 152 valence electrons. The Morgan fingerprint density at radius 2 is 1.76 bits per heavy atom. The van der Waals surface area contributed by atoms with Crippen LogP contribution in [0.1, 0.15) is 19.8 Å². The van der Waals surface area contributed by atoms with Gasteiger partial charge in [0, 0.05) is 36.8 Å². The number of methoxy groups -OCH3 is 1. The third-order valence-electron chi connectivity index (χ3n) is 5.08. The molecule has 1 aliphatic heterocycles. The number of nitrogens with one attached hydrogen (secondary N) is 1. The van der Waals surface area contributed by atoms with E-state index in [0.29, 0.717) is 18.6 Å². The van der Waals surface area contributed by atoms with Crippen molar-refractivity contribution in [2.24, 2.45) is 0 Å². The first-order valence-electron chi connectivity index (χ1n) is 9.78. The van der Waals surface area contributed by atoms with Crippen LogP contribution in [0.5, 0.6) is 0 Å². The molecule has 4 rings (SSSR count). The lowest BCUT2D eigenvalue weighted by Gasteiger charge is -2.38. The van der Waals surface area contributed by atoms with Crippen LogP contribution in [-0.4, -0.2) is 45.9 Å². The molecule has 0 bridgehead atoms. The van der Waals surface area contributed by atoms with E-state index in [1.165, 1.54) is 0 Å². The Morgan fingerprint density at radius 3 is 2.41 bits per heavy atom. The van der Waals surface area contributed by atoms with Crippen LogP contribution in [0.25, 0.3) is 22.5 Å². The zero-order chi connectivity index (χ0) is 20.3. The van der Waals surface area contributed by atoms with Gasteiger partial charge in [-0.25, -0.2) is 4.98 Å². The SMILES string of the molecule is CO[C@H]1C[C@@](C)(O)C[C@H](CSc2nc(-c3ccccc3)c(-c3ccccc3)[nH]2)O1. The molecule has 1 fully saturated rings. The highest BCUT2D eigenvalue weighted by molar-refractivity contribution is 7.99. The molecule has 3 aromatic rings. The molecule has 0 radical (unpaired) electrons. The number of rotatable bonds is 6. The number of benzene rings is 2. The molecular weight excluding hydrogens is 384 g/mol. The summed E-state index contributed by atoms with van der Waals surface area (Å²) < 4.78 is 11.3. The van der Waals surface area contributed by atoms with Crippen LogP contribution >= 0.6 is 11.8 Å². The third-order valence-corrected chi connectivity index (χ3v) is 6.08. The highest BCUT2D eigenvalue weighted by Gasteiger charge is 2.36. The number of aromatic nitrogens is 2. The van der Waals surface area contributed by atoms with Crippen molar-refractivity contribution in [3.05, 3.63) is 60.7 Å². The molecule has 1 aliphatic rings. The van der Waals surface area contributed by atoms with Crippen molar-refractivity contribution < 1.29 is 14.6 Å². The van der Waals surface area contributed by atoms with E-state index >= 15 is 0 Å². The van der Waals surface area contributed by atoms with Gasteiger partial charge in [-0.1, -0.05) is 72.4 Å². The Bertz CT molecular complexity index is 871. The van der Waals surface area contributed by atoms with E-state index in [2.05, 4.69) is 29.2 Å². The minimum absolute atomic E-state index is 0.0980. The maximum Gasteiger partial charge on any atom is 0.166 e. The van der Waals surface area contributed by atoms with Gasteiger partial charge in [0.1, 0.15) is 0 Å². The highest BCUT2D eigenvalue weighted by atomic mass is 32.2. The van der Waals surface area contributed by atoms with Crippen LogP contribution in [-0.2, 0) is 9.47 Å². The lowest BCUT2D eigenvalue weighted by atomic mass is 9.92. The minimum Gasteiger partial charge on any atom is -0.390 e. The molecule has 3 atom stereocenters. The van der Waals surface area contributed by atoms with Crippen molar-refractivity contribution in [3.8, 4) is 22.5 Å². The van der Waals surface area contributed by atoms with Crippen molar-refractivity contribution in [2.75, 3.05) is 12.9 Å². The van der Waals surface area contributed by atoms with Gasteiger partial charge in [0.25, 0.3) is 0 Å². The number of nitrogens with zero attached hydrogens (tertiary/aromatic N) is 1. The van der Waals surface area contributed by atoms with Crippen molar-refractivity contribution in [1.82, 2.24) is 9.97 Å². The second kappa shape index (κ2) is 8.71. The number of H-pyrrole nitrogens is 1. The standard InChI is InChI=1S/C23H26N2O3S/c1-23(26)13-18(28-19(14-23)27-2)15-29-22-24-20(16-9-5-3-6-10-16)21(25-22)17-11-7-4-8-12-17/h3-12,18-19,26H,13-15H2,1-2H3,(H,24,25)/t18-,19-,23+/m1/s1. The van der Waals surface area contributed by atoms with Crippen LogP contribution in [0.15, 0.2) is 65.8 Å². The number of hydrogen-bond acceptors (Lipinski definition) is 5. The quantitative estimate of drug-likeness (QED) is 0.575. The van der Waals surface area contributed by atoms with E-state index in [1.54, 1.807) is 18.9 Å². The number of thioether (sulfide) groups is 1. The predicted molar refractivity (Wildman–Crippen MR) is 116 cm³/mol. The van der Waals surface area contributed by atoms with Gasteiger partial charge in [0.15, 0.2) is 11.4 Å². The summed E-state index contributed by atoms with van der Waals surface area (Å²) in [4.78, 5) is 8.36. The number of imidazole rings is 1. The summed E-state index contributed by atoms with van der Waals surface area (Å²) in [5.41, 5.74) is 3.33. The fraction of sp³-hybridized carbons (Fsp3) is 0.348. The summed E-state index contributed by atoms with van der Waals surface area (Å²) in [5.74, 6) is 0.686. The smallest absolute Gasteiger partial charge is 0.166 e. The molecule has 0 saturated carbocycles. The van der Waals surface area contributed by atoms with E-state index in [9.17, 15) is 5.11 Å². The van der Waals surface area contributed by atoms with Crippen LogP contribution < -0.4 is 0 Å². The van der Waals surface area contributed by atoms with Gasteiger partial charge in [0.05, 0.1) is 23.1 Å². The lowest BCUT2D eigenvalue weighted by Crippen LogP contribution is -2.44. The van der Waals surface area contributed by atoms with Crippen molar-refractivity contribution in [2.45, 2.75) is 42.9 Å². The van der Waals surface area contributed by atoms with Gasteiger partial charge in [-0.2, -0.15) is 0 Å². The van der Waals surface area contributed by atoms with Crippen molar-refractivity contribution in [3.63, 3.8) is 0 Å². The fourth-order valence-corrected chi connectivity index (χ4v) is 4.56. The normalized spacial score (nSPS) is 24.5. The number of hydrogen-bond donors (Lipinski definition) is 2. The van der Waals surface area contributed by atoms with Gasteiger partial charge < -0.3 is 19.6 Å². The average Bonchev–Trinajstić information content (AvgIpc) is 3.17. The van der Waals surface area contributed by atoms with Crippen LogP contribution in [0.2, 0.25) is 0 Å². The monoisotopic (exact) mass is 410 g/mol. The highest BCUT2D eigenvalue weighted by Crippen LogP contribution is 2.35. The Morgan fingerprint density at radius 1 is 1.10 bits per heavy atom. The zero-order valence-corrected chi connectivity index (χ0v) is 17.5.